The Hall–Kier alpha value is -1.04. The molecule has 2 fully saturated rings. The van der Waals surface area contributed by atoms with Crippen LogP contribution in [-0.4, -0.2) is 33.0 Å². The quantitative estimate of drug-likeness (QED) is 0.883. The molecule has 2 saturated heterocycles. The minimum Gasteiger partial charge on any atom is -0.380 e. The van der Waals surface area contributed by atoms with Gasteiger partial charge in [0.15, 0.2) is 0 Å². The van der Waals surface area contributed by atoms with Crippen LogP contribution < -0.4 is 5.73 Å². The Bertz CT molecular complexity index is 465. The third kappa shape index (κ3) is 1.38. The largest absolute Gasteiger partial charge is 0.380 e. The smallest absolute Gasteiger partial charge is 0.130 e. The van der Waals surface area contributed by atoms with Crippen molar-refractivity contribution in [3.8, 4) is 0 Å². The zero-order valence-corrected chi connectivity index (χ0v) is 9.92. The maximum atomic E-state index is 14.0. The Morgan fingerprint density at radius 3 is 2.17 bits per heavy atom. The molecule has 2 N–H and O–H groups in total. The molecule has 18 heavy (non-hydrogen) atoms. The Labute approximate surface area is 104 Å². The van der Waals surface area contributed by atoms with E-state index < -0.39 is 17.0 Å². The van der Waals surface area contributed by atoms with Crippen molar-refractivity contribution in [3.05, 3.63) is 35.4 Å². The normalized spacial score (nSPS) is 24.2. The Morgan fingerprint density at radius 1 is 1.11 bits per heavy atom. The van der Waals surface area contributed by atoms with Crippen LogP contribution in [0, 0.1) is 17.0 Å². The number of hydrogen-bond acceptors (Lipinski definition) is 3. The predicted octanol–water partition coefficient (Wildman–Crippen LogP) is 1.21. The maximum absolute atomic E-state index is 14.0. The van der Waals surface area contributed by atoms with E-state index in [0.717, 1.165) is 6.07 Å². The lowest BCUT2D eigenvalue weighted by Crippen LogP contribution is -2.69. The van der Waals surface area contributed by atoms with Crippen LogP contribution in [0.25, 0.3) is 0 Å². The molecule has 2 heterocycles. The van der Waals surface area contributed by atoms with Crippen molar-refractivity contribution < 1.29 is 18.3 Å². The van der Waals surface area contributed by atoms with Crippen LogP contribution in [0.1, 0.15) is 5.56 Å². The molecule has 5 heteroatoms. The molecule has 0 unspecified atom stereocenters. The molecule has 0 amide bonds. The van der Waals surface area contributed by atoms with Crippen molar-refractivity contribution in [1.82, 2.24) is 0 Å². The number of benzene rings is 1. The lowest BCUT2D eigenvalue weighted by atomic mass is 9.57. The Morgan fingerprint density at radius 2 is 1.78 bits per heavy atom. The van der Waals surface area contributed by atoms with Crippen LogP contribution in [0.2, 0.25) is 0 Å². The highest BCUT2D eigenvalue weighted by molar-refractivity contribution is 5.35. The van der Waals surface area contributed by atoms with E-state index in [1.165, 1.54) is 12.1 Å². The minimum atomic E-state index is -0.571. The maximum Gasteiger partial charge on any atom is 0.130 e. The molecule has 0 aromatic heterocycles. The van der Waals surface area contributed by atoms with Gasteiger partial charge in [-0.25, -0.2) is 8.78 Å². The van der Waals surface area contributed by atoms with Gasteiger partial charge in [0.2, 0.25) is 0 Å². The van der Waals surface area contributed by atoms with Gasteiger partial charge in [0, 0.05) is 18.0 Å². The summed E-state index contributed by atoms with van der Waals surface area (Å²) in [5.74, 6) is -1.10. The average molecular weight is 255 g/mol. The molecule has 98 valence electrons. The van der Waals surface area contributed by atoms with Crippen molar-refractivity contribution in [2.45, 2.75) is 5.41 Å². The number of nitrogens with two attached hydrogens (primary N) is 1. The zero-order valence-electron chi connectivity index (χ0n) is 9.92. The first-order chi connectivity index (χ1) is 8.63. The first-order valence-corrected chi connectivity index (χ1v) is 5.95. The van der Waals surface area contributed by atoms with Gasteiger partial charge in [-0.2, -0.15) is 0 Å². The molecule has 0 saturated carbocycles. The van der Waals surface area contributed by atoms with Gasteiger partial charge in [0.05, 0.1) is 31.8 Å². The van der Waals surface area contributed by atoms with Gasteiger partial charge in [0.1, 0.15) is 11.6 Å². The van der Waals surface area contributed by atoms with E-state index in [-0.39, 0.29) is 5.41 Å². The summed E-state index contributed by atoms with van der Waals surface area (Å²) in [6.45, 7) is 2.24. The molecule has 3 nitrogen and oxygen atoms in total. The van der Waals surface area contributed by atoms with Crippen molar-refractivity contribution in [1.29, 1.82) is 0 Å². The predicted molar refractivity (Wildman–Crippen MR) is 61.2 cm³/mol. The van der Waals surface area contributed by atoms with Crippen molar-refractivity contribution in [2.24, 2.45) is 11.1 Å². The molecule has 0 spiro atoms. The van der Waals surface area contributed by atoms with Gasteiger partial charge in [-0.05, 0) is 11.6 Å². The minimum absolute atomic E-state index is 0.288. The summed E-state index contributed by atoms with van der Waals surface area (Å²) in [5, 5.41) is 0. The highest BCUT2D eigenvalue weighted by Crippen LogP contribution is 2.51. The summed E-state index contributed by atoms with van der Waals surface area (Å²) in [6, 6.07) is 3.70. The summed E-state index contributed by atoms with van der Waals surface area (Å²) in [7, 11) is 0. The number of ether oxygens (including phenoxy) is 2. The SMILES string of the molecule is NCC1(C2(c3ccc(F)cc3F)COC2)COC1. The molecule has 0 radical (unpaired) electrons. The van der Waals surface area contributed by atoms with E-state index in [0.29, 0.717) is 38.5 Å². The fourth-order valence-corrected chi connectivity index (χ4v) is 2.87. The first-order valence-electron chi connectivity index (χ1n) is 5.95. The highest BCUT2D eigenvalue weighted by Gasteiger charge is 2.61. The van der Waals surface area contributed by atoms with Gasteiger partial charge in [-0.3, -0.25) is 0 Å². The van der Waals surface area contributed by atoms with E-state index in [2.05, 4.69) is 0 Å². The van der Waals surface area contributed by atoms with Crippen molar-refractivity contribution in [3.63, 3.8) is 0 Å². The molecule has 1 aromatic rings. The van der Waals surface area contributed by atoms with Gasteiger partial charge in [-0.1, -0.05) is 6.07 Å². The molecule has 2 aliphatic rings. The third-order valence-corrected chi connectivity index (χ3v) is 4.31. The molecular weight excluding hydrogens is 240 g/mol. The number of hydrogen-bond donors (Lipinski definition) is 1. The lowest BCUT2D eigenvalue weighted by Gasteiger charge is -2.59. The third-order valence-electron chi connectivity index (χ3n) is 4.31. The topological polar surface area (TPSA) is 44.5 Å². The number of halogens is 2. The van der Waals surface area contributed by atoms with Crippen molar-refractivity contribution >= 4 is 0 Å². The van der Waals surface area contributed by atoms with Gasteiger partial charge < -0.3 is 15.2 Å². The molecule has 0 bridgehead atoms. The lowest BCUT2D eigenvalue weighted by molar-refractivity contribution is -0.224. The summed E-state index contributed by atoms with van der Waals surface area (Å²) in [6.07, 6.45) is 0. The van der Waals surface area contributed by atoms with Gasteiger partial charge >= 0.3 is 0 Å². The molecule has 3 rings (SSSR count). The van der Waals surface area contributed by atoms with Crippen LogP contribution in [0.4, 0.5) is 8.78 Å². The number of rotatable bonds is 3. The van der Waals surface area contributed by atoms with Crippen LogP contribution in [0.3, 0.4) is 0 Å². The second-order valence-corrected chi connectivity index (χ2v) is 5.18. The Balaban J connectivity index is 2.06. The van der Waals surface area contributed by atoms with Crippen molar-refractivity contribution in [2.75, 3.05) is 33.0 Å². The van der Waals surface area contributed by atoms with Gasteiger partial charge in [-0.15, -0.1) is 0 Å². The van der Waals surface area contributed by atoms with Gasteiger partial charge in [0.25, 0.3) is 0 Å². The van der Waals surface area contributed by atoms with E-state index in [1.807, 2.05) is 0 Å². The summed E-state index contributed by atoms with van der Waals surface area (Å²) in [4.78, 5) is 0. The first kappa shape index (κ1) is 12.0. The highest BCUT2D eigenvalue weighted by atomic mass is 19.1. The van der Waals surface area contributed by atoms with Crippen LogP contribution in [0.5, 0.6) is 0 Å². The average Bonchev–Trinajstić information content (AvgIpc) is 2.22. The zero-order chi connectivity index (χ0) is 12.8. The molecule has 1 aromatic carbocycles. The van der Waals surface area contributed by atoms with Crippen LogP contribution in [-0.2, 0) is 14.9 Å². The van der Waals surface area contributed by atoms with E-state index >= 15 is 0 Å². The fourth-order valence-electron chi connectivity index (χ4n) is 2.87. The monoisotopic (exact) mass is 255 g/mol. The second-order valence-electron chi connectivity index (χ2n) is 5.18. The van der Waals surface area contributed by atoms with E-state index in [1.54, 1.807) is 0 Å². The van der Waals surface area contributed by atoms with E-state index in [4.69, 9.17) is 15.2 Å². The molecule has 2 aliphatic heterocycles. The fraction of sp³-hybridized carbons (Fsp3) is 0.538. The molecule has 0 atom stereocenters. The van der Waals surface area contributed by atoms with Crippen LogP contribution in [0.15, 0.2) is 18.2 Å². The summed E-state index contributed by atoms with van der Waals surface area (Å²) in [5.41, 5.74) is 5.58. The Kier molecular flexibility index (Phi) is 2.66. The van der Waals surface area contributed by atoms with E-state index in [9.17, 15) is 8.78 Å². The standard InChI is InChI=1S/C13H15F2NO2/c14-9-1-2-10(11(15)3-9)13(7-18-8-13)12(4-16)5-17-6-12/h1-3H,4-8,16H2. The van der Waals surface area contributed by atoms with Crippen LogP contribution >= 0.6 is 0 Å². The second kappa shape index (κ2) is 3.98. The molecule has 0 aliphatic carbocycles. The molecular formula is C13H15F2NO2. The summed E-state index contributed by atoms with van der Waals surface area (Å²) < 4.78 is 37.6. The summed E-state index contributed by atoms with van der Waals surface area (Å²) >= 11 is 0.